The predicted octanol–water partition coefficient (Wildman–Crippen LogP) is 2.57. The summed E-state index contributed by atoms with van der Waals surface area (Å²) in [6, 6.07) is 4.88. The molecule has 0 saturated carbocycles. The number of rotatable bonds is 5. The summed E-state index contributed by atoms with van der Waals surface area (Å²) >= 11 is 0. The highest BCUT2D eigenvalue weighted by Crippen LogP contribution is 2.35. The van der Waals surface area contributed by atoms with Crippen molar-refractivity contribution in [1.29, 1.82) is 0 Å². The van der Waals surface area contributed by atoms with E-state index in [0.29, 0.717) is 11.4 Å². The second-order valence-corrected chi connectivity index (χ2v) is 9.27. The third-order valence-electron chi connectivity index (χ3n) is 5.21. The molecule has 2 heterocycles. The average molecular weight is 447 g/mol. The zero-order valence-corrected chi connectivity index (χ0v) is 18.6. The third-order valence-corrected chi connectivity index (χ3v) is 6.35. The van der Waals surface area contributed by atoms with Gasteiger partial charge in [-0.25, -0.2) is 18.0 Å². The van der Waals surface area contributed by atoms with E-state index in [2.05, 4.69) is 0 Å². The van der Waals surface area contributed by atoms with Gasteiger partial charge in [0.2, 0.25) is 0 Å². The Balaban J connectivity index is 2.19. The molecule has 0 amide bonds. The van der Waals surface area contributed by atoms with Crippen LogP contribution in [-0.2, 0) is 28.9 Å². The summed E-state index contributed by atoms with van der Waals surface area (Å²) in [5.74, 6) is -1.40. The molecule has 2 aliphatic heterocycles. The zero-order valence-electron chi connectivity index (χ0n) is 17.8. The number of carbonyl (C=O) groups excluding carboxylic acids is 2. The summed E-state index contributed by atoms with van der Waals surface area (Å²) in [4.78, 5) is 28.8. The van der Waals surface area contributed by atoms with E-state index in [9.17, 15) is 18.0 Å². The summed E-state index contributed by atoms with van der Waals surface area (Å²) in [5.41, 5.74) is 1.12. The Morgan fingerprint density at radius 3 is 2.26 bits per heavy atom. The molecule has 9 heteroatoms. The van der Waals surface area contributed by atoms with E-state index in [-0.39, 0.29) is 16.2 Å². The van der Waals surface area contributed by atoms with Gasteiger partial charge in [0.15, 0.2) is 9.84 Å². The first-order valence-corrected chi connectivity index (χ1v) is 11.8. The van der Waals surface area contributed by atoms with Crippen molar-refractivity contribution in [3.8, 4) is 0 Å². The van der Waals surface area contributed by atoms with E-state index >= 15 is 0 Å². The van der Waals surface area contributed by atoms with Crippen LogP contribution >= 0.6 is 0 Å². The van der Waals surface area contributed by atoms with Crippen LogP contribution in [-0.4, -0.2) is 53.9 Å². The number of hydrogen-bond acceptors (Lipinski definition) is 8. The van der Waals surface area contributed by atoms with Gasteiger partial charge in [-0.05, 0) is 49.6 Å². The molecule has 166 valence electrons. The minimum absolute atomic E-state index is 0.0175. The molecule has 1 fully saturated rings. The lowest BCUT2D eigenvalue weighted by Gasteiger charge is -2.32. The molecule has 1 aromatic carbocycles. The van der Waals surface area contributed by atoms with Gasteiger partial charge in [-0.15, -0.1) is 0 Å². The number of sulfone groups is 1. The second-order valence-electron chi connectivity index (χ2n) is 7.29. The number of esters is 2. The first-order valence-electron chi connectivity index (χ1n) is 9.92. The summed E-state index contributed by atoms with van der Waals surface area (Å²) in [7, 11) is -1.01. The number of methoxy groups -OCH3 is 2. The summed E-state index contributed by atoms with van der Waals surface area (Å²) in [5, 5.41) is 0. The Morgan fingerprint density at radius 2 is 1.65 bits per heavy atom. The minimum Gasteiger partial charge on any atom is -0.465 e. The zero-order chi connectivity index (χ0) is 22.6. The van der Waals surface area contributed by atoms with E-state index < -0.39 is 21.8 Å². The monoisotopic (exact) mass is 446 g/mol. The summed E-state index contributed by atoms with van der Waals surface area (Å²) in [6.07, 6.45) is 10.6. The molecular formula is C22H26N2O6S. The largest absolute Gasteiger partial charge is 0.465 e. The Morgan fingerprint density at radius 1 is 0.968 bits per heavy atom. The maximum atomic E-state index is 12.6. The van der Waals surface area contributed by atoms with Crippen molar-refractivity contribution in [3.63, 3.8) is 0 Å². The number of carbonyl (C=O) groups is 2. The Labute approximate surface area is 182 Å². The fourth-order valence-corrected chi connectivity index (χ4v) is 4.60. The fourth-order valence-electron chi connectivity index (χ4n) is 3.72. The minimum atomic E-state index is -3.47. The molecule has 31 heavy (non-hydrogen) atoms. The number of piperidine rings is 1. The Kier molecular flexibility index (Phi) is 6.84. The van der Waals surface area contributed by atoms with E-state index in [1.165, 1.54) is 37.5 Å². The lowest BCUT2D eigenvalue weighted by atomic mass is 10.1. The molecule has 0 bridgehead atoms. The van der Waals surface area contributed by atoms with E-state index in [1.54, 1.807) is 30.5 Å². The molecule has 1 saturated heterocycles. The van der Waals surface area contributed by atoms with Crippen molar-refractivity contribution >= 4 is 33.2 Å². The van der Waals surface area contributed by atoms with Crippen molar-refractivity contribution < 1.29 is 27.5 Å². The number of allylic oxidation sites excluding steroid dienone is 2. The molecule has 0 aliphatic carbocycles. The van der Waals surface area contributed by atoms with Crippen molar-refractivity contribution in [2.45, 2.75) is 24.2 Å². The number of nitrogens with zero attached hydrogens (tertiary/aromatic N) is 2. The SMILES string of the molecule is COC(=O)C1=C(C(=O)OC)N(c2ccc(S(C)(=O)=O)c(N3CCCCC3)c2)C=CC=C1. The van der Waals surface area contributed by atoms with Gasteiger partial charge in [0.1, 0.15) is 5.70 Å². The highest BCUT2D eigenvalue weighted by Gasteiger charge is 2.29. The second kappa shape index (κ2) is 9.38. The lowest BCUT2D eigenvalue weighted by Crippen LogP contribution is -2.31. The van der Waals surface area contributed by atoms with Crippen molar-refractivity contribution in [2.24, 2.45) is 0 Å². The number of benzene rings is 1. The summed E-state index contributed by atoms with van der Waals surface area (Å²) in [6.45, 7) is 1.49. The van der Waals surface area contributed by atoms with Crippen LogP contribution in [0.4, 0.5) is 11.4 Å². The molecule has 0 unspecified atom stereocenters. The maximum Gasteiger partial charge on any atom is 0.355 e. The van der Waals surface area contributed by atoms with Crippen LogP contribution in [0, 0.1) is 0 Å². The van der Waals surface area contributed by atoms with Gasteiger partial charge in [0, 0.05) is 31.2 Å². The van der Waals surface area contributed by atoms with Crippen LogP contribution in [0.3, 0.4) is 0 Å². The highest BCUT2D eigenvalue weighted by molar-refractivity contribution is 7.90. The first-order chi connectivity index (χ1) is 14.8. The molecule has 0 aromatic heterocycles. The third kappa shape index (κ3) is 4.82. The molecule has 8 nitrogen and oxygen atoms in total. The van der Waals surface area contributed by atoms with Gasteiger partial charge in [-0.2, -0.15) is 0 Å². The molecule has 1 aromatic rings. The summed E-state index contributed by atoms with van der Waals surface area (Å²) < 4.78 is 34.6. The molecule has 0 atom stereocenters. The van der Waals surface area contributed by atoms with Gasteiger partial charge in [0.05, 0.1) is 30.4 Å². The van der Waals surface area contributed by atoms with Gasteiger partial charge >= 0.3 is 11.9 Å². The van der Waals surface area contributed by atoms with Gasteiger partial charge in [0.25, 0.3) is 0 Å². The number of ether oxygens (including phenoxy) is 2. The normalized spacial score (nSPS) is 16.9. The van der Waals surface area contributed by atoms with Crippen LogP contribution in [0.5, 0.6) is 0 Å². The Bertz CT molecular complexity index is 1070. The van der Waals surface area contributed by atoms with Gasteiger partial charge in [-0.1, -0.05) is 6.08 Å². The van der Waals surface area contributed by atoms with Crippen LogP contribution < -0.4 is 9.80 Å². The Hall–Kier alpha value is -3.07. The van der Waals surface area contributed by atoms with E-state index in [0.717, 1.165) is 32.4 Å². The predicted molar refractivity (Wildman–Crippen MR) is 117 cm³/mol. The van der Waals surface area contributed by atoms with Crippen molar-refractivity contribution in [3.05, 3.63) is 53.9 Å². The average Bonchev–Trinajstić information content (AvgIpc) is 3.00. The number of anilines is 2. The van der Waals surface area contributed by atoms with Crippen molar-refractivity contribution in [1.82, 2.24) is 0 Å². The fraction of sp³-hybridized carbons (Fsp3) is 0.364. The topological polar surface area (TPSA) is 93.2 Å². The van der Waals surface area contributed by atoms with Gasteiger partial charge < -0.3 is 19.3 Å². The van der Waals surface area contributed by atoms with Crippen molar-refractivity contribution in [2.75, 3.05) is 43.4 Å². The van der Waals surface area contributed by atoms with Crippen LogP contribution in [0.25, 0.3) is 0 Å². The molecule has 2 aliphatic rings. The molecular weight excluding hydrogens is 420 g/mol. The van der Waals surface area contributed by atoms with Crippen LogP contribution in [0.15, 0.2) is 58.8 Å². The van der Waals surface area contributed by atoms with Gasteiger partial charge in [-0.3, -0.25) is 0 Å². The highest BCUT2D eigenvalue weighted by atomic mass is 32.2. The molecule has 3 rings (SSSR count). The molecule has 0 N–H and O–H groups in total. The quantitative estimate of drug-likeness (QED) is 0.637. The smallest absolute Gasteiger partial charge is 0.355 e. The lowest BCUT2D eigenvalue weighted by molar-refractivity contribution is -0.139. The van der Waals surface area contributed by atoms with E-state index in [4.69, 9.17) is 9.47 Å². The molecule has 0 radical (unpaired) electrons. The van der Waals surface area contributed by atoms with Crippen LogP contribution in [0.2, 0.25) is 0 Å². The van der Waals surface area contributed by atoms with E-state index in [1.807, 2.05) is 4.90 Å². The maximum absolute atomic E-state index is 12.6. The standard InChI is InChI=1S/C22H26N2O6S/c1-29-21(25)17-9-5-8-14-24(20(17)22(26)30-2)16-10-11-19(31(3,27)28)18(15-16)23-12-6-4-7-13-23/h5,8-11,14-15H,4,6-7,12-13H2,1-3H3. The molecule has 0 spiro atoms. The first kappa shape index (κ1) is 22.6. The van der Waals surface area contributed by atoms with Crippen LogP contribution in [0.1, 0.15) is 19.3 Å². The number of hydrogen-bond donors (Lipinski definition) is 0.